The lowest BCUT2D eigenvalue weighted by molar-refractivity contribution is -0.150. The monoisotopic (exact) mass is 391 g/mol. The molecule has 0 bridgehead atoms. The second-order valence-corrected chi connectivity index (χ2v) is 7.66. The minimum Gasteiger partial charge on any atom is -0.504 e. The summed E-state index contributed by atoms with van der Waals surface area (Å²) in [5.74, 6) is -0.273. The summed E-state index contributed by atoms with van der Waals surface area (Å²) in [5, 5.41) is 13.0. The van der Waals surface area contributed by atoms with Crippen molar-refractivity contribution in [2.24, 2.45) is 5.92 Å². The lowest BCUT2D eigenvalue weighted by Crippen LogP contribution is -2.51. The van der Waals surface area contributed by atoms with Gasteiger partial charge in [-0.05, 0) is 48.4 Å². The molecule has 6 atom stereocenters. The molecular formula is C21H29NO6. The first-order valence-electron chi connectivity index (χ1n) is 9.63. The van der Waals surface area contributed by atoms with Crippen LogP contribution in [0.25, 0.3) is 0 Å². The number of hydrogen-bond acceptors (Lipinski definition) is 6. The van der Waals surface area contributed by atoms with Crippen molar-refractivity contribution in [3.63, 3.8) is 0 Å². The Bertz CT molecular complexity index is 782. The van der Waals surface area contributed by atoms with Gasteiger partial charge in [0, 0.05) is 34.2 Å². The number of methoxy groups -OCH3 is 3. The van der Waals surface area contributed by atoms with E-state index >= 15 is 0 Å². The predicted octanol–water partition coefficient (Wildman–Crippen LogP) is 1.87. The molecule has 7 nitrogen and oxygen atoms in total. The summed E-state index contributed by atoms with van der Waals surface area (Å²) in [7, 11) is 4.98. The molecular weight excluding hydrogens is 362 g/mol. The minimum atomic E-state index is -0.460. The van der Waals surface area contributed by atoms with Crippen molar-refractivity contribution in [1.82, 2.24) is 5.32 Å². The third kappa shape index (κ3) is 3.79. The maximum absolute atomic E-state index is 12.3. The number of rotatable bonds is 4. The van der Waals surface area contributed by atoms with Crippen molar-refractivity contribution >= 4 is 5.91 Å². The zero-order valence-corrected chi connectivity index (χ0v) is 16.8. The molecule has 28 heavy (non-hydrogen) atoms. The number of ether oxygens (including phenoxy) is 3. The molecule has 1 aromatic carbocycles. The number of carbonyl (C=O) groups excluding carboxylic acids is 1. The van der Waals surface area contributed by atoms with E-state index in [9.17, 15) is 14.7 Å². The van der Waals surface area contributed by atoms with Gasteiger partial charge in [0.15, 0.2) is 5.75 Å². The highest BCUT2D eigenvalue weighted by Crippen LogP contribution is 2.48. The summed E-state index contributed by atoms with van der Waals surface area (Å²) in [6.07, 6.45) is 1.71. The van der Waals surface area contributed by atoms with Crippen molar-refractivity contribution < 1.29 is 24.1 Å². The van der Waals surface area contributed by atoms with Gasteiger partial charge in [0.05, 0.1) is 18.2 Å². The standard InChI is InChI=1S/C21H29NO6/c1-11(23)22-15-7-5-12-9-18(26-2)20(27-3)21(28-4)19(12)13-6-8-16(24)17(25)10-14(13)15/h6,8,10,12,15,18-21H,5,7,9H2,1-4H3,(H,22,23)(H,24,25). The van der Waals surface area contributed by atoms with Gasteiger partial charge in [-0.1, -0.05) is 6.07 Å². The van der Waals surface area contributed by atoms with E-state index in [0.717, 1.165) is 24.0 Å². The molecule has 0 spiro atoms. The van der Waals surface area contributed by atoms with E-state index < -0.39 is 5.43 Å². The SMILES string of the molecule is COC1CC2CCC(NC(C)=O)c3cc(=O)c(O)ccc3C2C(OC)C1OC. The van der Waals surface area contributed by atoms with E-state index in [0.29, 0.717) is 6.42 Å². The lowest BCUT2D eigenvalue weighted by atomic mass is 9.70. The molecule has 1 aromatic rings. The smallest absolute Gasteiger partial charge is 0.220 e. The highest BCUT2D eigenvalue weighted by atomic mass is 16.6. The summed E-state index contributed by atoms with van der Waals surface area (Å²) in [6, 6.07) is 4.38. The van der Waals surface area contributed by atoms with Crippen molar-refractivity contribution in [3.8, 4) is 5.75 Å². The quantitative estimate of drug-likeness (QED) is 0.814. The van der Waals surface area contributed by atoms with Crippen molar-refractivity contribution in [2.45, 2.75) is 56.5 Å². The van der Waals surface area contributed by atoms with Gasteiger partial charge in [0.25, 0.3) is 0 Å². The van der Waals surface area contributed by atoms with E-state index in [1.807, 2.05) is 0 Å². The minimum absolute atomic E-state index is 0.0405. The van der Waals surface area contributed by atoms with Crippen LogP contribution in [0.15, 0.2) is 23.0 Å². The third-order valence-corrected chi connectivity index (χ3v) is 6.17. The predicted molar refractivity (Wildman–Crippen MR) is 103 cm³/mol. The summed E-state index contributed by atoms with van der Waals surface area (Å²) >= 11 is 0. The fourth-order valence-corrected chi connectivity index (χ4v) is 4.97. The summed E-state index contributed by atoms with van der Waals surface area (Å²) in [5.41, 5.74) is 1.18. The van der Waals surface area contributed by atoms with E-state index in [2.05, 4.69) is 5.32 Å². The molecule has 154 valence electrons. The highest BCUT2D eigenvalue weighted by Gasteiger charge is 2.48. The Morgan fingerprint density at radius 3 is 2.39 bits per heavy atom. The Hall–Kier alpha value is -1.96. The van der Waals surface area contributed by atoms with Gasteiger partial charge in [0.2, 0.25) is 11.3 Å². The summed E-state index contributed by atoms with van der Waals surface area (Å²) < 4.78 is 17.3. The van der Waals surface area contributed by atoms with Crippen LogP contribution >= 0.6 is 0 Å². The van der Waals surface area contributed by atoms with Gasteiger partial charge in [-0.25, -0.2) is 0 Å². The van der Waals surface area contributed by atoms with Crippen molar-refractivity contribution in [2.75, 3.05) is 21.3 Å². The first-order chi connectivity index (χ1) is 13.4. The Kier molecular flexibility index (Phi) is 6.37. The molecule has 3 rings (SSSR count). The van der Waals surface area contributed by atoms with Gasteiger partial charge in [-0.3, -0.25) is 9.59 Å². The van der Waals surface area contributed by atoms with Crippen molar-refractivity contribution in [1.29, 1.82) is 0 Å². The Morgan fingerprint density at radius 1 is 1.07 bits per heavy atom. The number of aromatic hydroxyl groups is 1. The third-order valence-electron chi connectivity index (χ3n) is 6.17. The van der Waals surface area contributed by atoms with Gasteiger partial charge in [-0.2, -0.15) is 0 Å². The van der Waals surface area contributed by atoms with E-state index in [-0.39, 0.29) is 47.8 Å². The molecule has 2 aliphatic rings. The molecule has 0 saturated heterocycles. The molecule has 7 heteroatoms. The van der Waals surface area contributed by atoms with Gasteiger partial charge in [0.1, 0.15) is 6.10 Å². The van der Waals surface area contributed by atoms with E-state index in [1.165, 1.54) is 19.1 Å². The molecule has 2 aliphatic carbocycles. The fourth-order valence-electron chi connectivity index (χ4n) is 4.97. The first kappa shape index (κ1) is 20.8. The molecule has 6 unspecified atom stereocenters. The van der Waals surface area contributed by atoms with Crippen LogP contribution in [-0.2, 0) is 19.0 Å². The number of carbonyl (C=O) groups is 1. The summed E-state index contributed by atoms with van der Waals surface area (Å²) in [6.45, 7) is 1.47. The molecule has 0 aromatic heterocycles. The zero-order valence-electron chi connectivity index (χ0n) is 16.8. The first-order valence-corrected chi connectivity index (χ1v) is 9.63. The van der Waals surface area contributed by atoms with Gasteiger partial charge < -0.3 is 24.6 Å². The average Bonchev–Trinajstić information content (AvgIpc) is 2.90. The van der Waals surface area contributed by atoms with Crippen molar-refractivity contribution in [3.05, 3.63) is 39.5 Å². The molecule has 0 radical (unpaired) electrons. The number of fused-ring (bicyclic) bond motifs is 3. The molecule has 2 N–H and O–H groups in total. The maximum atomic E-state index is 12.3. The van der Waals surface area contributed by atoms with E-state index in [1.54, 1.807) is 27.4 Å². The number of nitrogens with one attached hydrogen (secondary N) is 1. The Labute approximate surface area is 165 Å². The fraction of sp³-hybridized carbons (Fsp3) is 0.619. The Balaban J connectivity index is 2.18. The van der Waals surface area contributed by atoms with Crippen LogP contribution in [-0.4, -0.2) is 50.7 Å². The lowest BCUT2D eigenvalue weighted by Gasteiger charge is -2.45. The second-order valence-electron chi connectivity index (χ2n) is 7.66. The zero-order chi connectivity index (χ0) is 20.4. The van der Waals surface area contributed by atoms with Crippen LogP contribution in [0.4, 0.5) is 0 Å². The number of hydrogen-bond donors (Lipinski definition) is 2. The molecule has 1 saturated carbocycles. The topological polar surface area (TPSA) is 94.1 Å². The molecule has 0 aliphatic heterocycles. The van der Waals surface area contributed by atoms with Crippen LogP contribution < -0.4 is 10.7 Å². The summed E-state index contributed by atoms with van der Waals surface area (Å²) in [4.78, 5) is 24.1. The van der Waals surface area contributed by atoms with Gasteiger partial charge >= 0.3 is 0 Å². The number of amides is 1. The second kappa shape index (κ2) is 8.59. The van der Waals surface area contributed by atoms with E-state index in [4.69, 9.17) is 14.2 Å². The van der Waals surface area contributed by atoms with Crippen LogP contribution in [0.2, 0.25) is 0 Å². The normalized spacial score (nSPS) is 32.0. The largest absolute Gasteiger partial charge is 0.504 e. The molecule has 1 amide bonds. The van der Waals surface area contributed by atoms with Crippen LogP contribution in [0.1, 0.15) is 49.3 Å². The van der Waals surface area contributed by atoms with Crippen LogP contribution in [0.5, 0.6) is 5.75 Å². The molecule has 1 fully saturated rings. The van der Waals surface area contributed by atoms with Crippen LogP contribution in [0, 0.1) is 5.92 Å². The highest BCUT2D eigenvalue weighted by molar-refractivity contribution is 5.73. The van der Waals surface area contributed by atoms with Crippen LogP contribution in [0.3, 0.4) is 0 Å². The maximum Gasteiger partial charge on any atom is 0.220 e. The Morgan fingerprint density at radius 2 is 1.79 bits per heavy atom. The molecule has 0 heterocycles. The van der Waals surface area contributed by atoms with Gasteiger partial charge in [-0.15, -0.1) is 0 Å². The average molecular weight is 391 g/mol.